The lowest BCUT2D eigenvalue weighted by Crippen LogP contribution is -2.38. The number of halogens is 4. The molecule has 0 radical (unpaired) electrons. The van der Waals surface area contributed by atoms with Gasteiger partial charge in [0.25, 0.3) is 0 Å². The fourth-order valence-electron chi connectivity index (χ4n) is 1.60. The average molecular weight is 316 g/mol. The second kappa shape index (κ2) is 7.56. The number of nitrogens with two attached hydrogens (primary N) is 1. The molecule has 1 aromatic carbocycles. The Morgan fingerprint density at radius 3 is 2.30 bits per heavy atom. The van der Waals surface area contributed by atoms with Gasteiger partial charge in [-0.05, 0) is 18.2 Å². The highest BCUT2D eigenvalue weighted by Crippen LogP contribution is 2.33. The van der Waals surface area contributed by atoms with E-state index in [-0.39, 0.29) is 23.7 Å². The Bertz CT molecular complexity index is 429. The van der Waals surface area contributed by atoms with Gasteiger partial charge >= 0.3 is 6.18 Å². The van der Waals surface area contributed by atoms with E-state index in [1.54, 1.807) is 6.07 Å². The smallest absolute Gasteiger partial charge is 0.403 e. The number of alkyl halides is 3. The van der Waals surface area contributed by atoms with Crippen molar-refractivity contribution in [3.8, 4) is 11.5 Å². The Kier molecular flexibility index (Phi) is 7.12. The lowest BCUT2D eigenvalue weighted by Gasteiger charge is -2.21. The molecule has 20 heavy (non-hydrogen) atoms. The molecule has 1 rings (SSSR count). The Morgan fingerprint density at radius 1 is 1.25 bits per heavy atom. The quantitative estimate of drug-likeness (QED) is 0.876. The molecule has 1 aromatic rings. The van der Waals surface area contributed by atoms with Crippen molar-refractivity contribution in [3.63, 3.8) is 0 Å². The number of hydrogen-bond donors (Lipinski definition) is 2. The number of benzene rings is 1. The molecule has 116 valence electrons. The molecule has 0 aromatic heterocycles. The molecular weight excluding hydrogens is 299 g/mol. The van der Waals surface area contributed by atoms with Gasteiger partial charge in [-0.2, -0.15) is 13.2 Å². The molecular formula is C12H17ClF3NO3. The van der Waals surface area contributed by atoms with Gasteiger partial charge < -0.3 is 20.3 Å². The van der Waals surface area contributed by atoms with Crippen LogP contribution in [0, 0.1) is 0 Å². The zero-order valence-corrected chi connectivity index (χ0v) is 11.8. The predicted octanol–water partition coefficient (Wildman–Crippen LogP) is 2.44. The van der Waals surface area contributed by atoms with Crippen LogP contribution in [0.1, 0.15) is 18.1 Å². The molecule has 0 fully saturated rings. The third-order valence-corrected chi connectivity index (χ3v) is 2.69. The van der Waals surface area contributed by atoms with E-state index >= 15 is 0 Å². The van der Waals surface area contributed by atoms with E-state index in [0.29, 0.717) is 5.75 Å². The molecule has 0 unspecified atom stereocenters. The lowest BCUT2D eigenvalue weighted by atomic mass is 10.0. The highest BCUT2D eigenvalue weighted by Gasteiger charge is 2.38. The minimum atomic E-state index is -4.55. The third-order valence-electron chi connectivity index (χ3n) is 2.69. The SMILES string of the molecule is COc1ccc(OC)c([C@@H](O)C[C@@H](N)C(F)(F)F)c1.Cl. The van der Waals surface area contributed by atoms with Crippen molar-refractivity contribution in [2.75, 3.05) is 14.2 Å². The van der Waals surface area contributed by atoms with Crippen molar-refractivity contribution in [3.05, 3.63) is 23.8 Å². The number of rotatable bonds is 5. The molecule has 2 atom stereocenters. The fourth-order valence-corrected chi connectivity index (χ4v) is 1.60. The first-order valence-corrected chi connectivity index (χ1v) is 5.52. The van der Waals surface area contributed by atoms with Crippen LogP contribution in [-0.4, -0.2) is 31.5 Å². The van der Waals surface area contributed by atoms with E-state index in [1.165, 1.54) is 26.4 Å². The van der Waals surface area contributed by atoms with Crippen LogP contribution < -0.4 is 15.2 Å². The summed E-state index contributed by atoms with van der Waals surface area (Å²) in [5.41, 5.74) is 5.20. The second-order valence-electron chi connectivity index (χ2n) is 4.01. The molecule has 0 aliphatic rings. The van der Waals surface area contributed by atoms with Crippen molar-refractivity contribution in [1.29, 1.82) is 0 Å². The van der Waals surface area contributed by atoms with Crippen LogP contribution in [0.4, 0.5) is 13.2 Å². The van der Waals surface area contributed by atoms with Crippen LogP contribution in [0.5, 0.6) is 11.5 Å². The largest absolute Gasteiger partial charge is 0.497 e. The van der Waals surface area contributed by atoms with Gasteiger partial charge in [0.05, 0.1) is 20.3 Å². The summed E-state index contributed by atoms with van der Waals surface area (Å²) in [6.45, 7) is 0. The van der Waals surface area contributed by atoms with Crippen LogP contribution in [0.2, 0.25) is 0 Å². The maximum absolute atomic E-state index is 12.4. The van der Waals surface area contributed by atoms with Crippen molar-refractivity contribution < 1.29 is 27.8 Å². The van der Waals surface area contributed by atoms with Gasteiger partial charge in [-0.3, -0.25) is 0 Å². The first-order chi connectivity index (χ1) is 8.79. The van der Waals surface area contributed by atoms with Crippen LogP contribution in [0.25, 0.3) is 0 Å². The molecule has 4 nitrogen and oxygen atoms in total. The van der Waals surface area contributed by atoms with Crippen molar-refractivity contribution >= 4 is 12.4 Å². The summed E-state index contributed by atoms with van der Waals surface area (Å²) in [5.74, 6) is 0.693. The normalized spacial score (nSPS) is 14.2. The van der Waals surface area contributed by atoms with Gasteiger partial charge in [-0.25, -0.2) is 0 Å². The van der Waals surface area contributed by atoms with Crippen LogP contribution in [-0.2, 0) is 0 Å². The summed E-state index contributed by atoms with van der Waals surface area (Å²) in [7, 11) is 2.78. The van der Waals surface area contributed by atoms with E-state index < -0.39 is 24.7 Å². The molecule has 3 N–H and O–H groups in total. The molecule has 8 heteroatoms. The van der Waals surface area contributed by atoms with E-state index in [9.17, 15) is 18.3 Å². The Labute approximate surface area is 121 Å². The van der Waals surface area contributed by atoms with E-state index in [2.05, 4.69) is 0 Å². The molecule has 0 spiro atoms. The number of hydrogen-bond acceptors (Lipinski definition) is 4. The van der Waals surface area contributed by atoms with Gasteiger partial charge in [0.2, 0.25) is 0 Å². The number of ether oxygens (including phenoxy) is 2. The zero-order chi connectivity index (χ0) is 14.6. The van der Waals surface area contributed by atoms with Gasteiger partial charge in [0, 0.05) is 12.0 Å². The Balaban J connectivity index is 0.00000361. The maximum Gasteiger partial charge on any atom is 0.403 e. The topological polar surface area (TPSA) is 64.7 Å². The Hall–Kier alpha value is -1.18. The van der Waals surface area contributed by atoms with E-state index in [0.717, 1.165) is 0 Å². The molecule has 0 saturated heterocycles. The summed E-state index contributed by atoms with van der Waals surface area (Å²) in [6.07, 6.45) is -6.58. The van der Waals surface area contributed by atoms with Gasteiger partial charge in [-0.15, -0.1) is 12.4 Å². The standard InChI is InChI=1S/C12H16F3NO3.ClH/c1-18-7-3-4-10(19-2)8(5-7)9(17)6-11(16)12(13,14)15;/h3-5,9,11,17H,6,16H2,1-2H3;1H/t9-,11+;/m0./s1. The van der Waals surface area contributed by atoms with Crippen LogP contribution in [0.3, 0.4) is 0 Å². The summed E-state index contributed by atoms with van der Waals surface area (Å²) in [5, 5.41) is 9.87. The number of aliphatic hydroxyl groups is 1. The highest BCUT2D eigenvalue weighted by atomic mass is 35.5. The average Bonchev–Trinajstić information content (AvgIpc) is 2.36. The summed E-state index contributed by atoms with van der Waals surface area (Å²) < 4.78 is 47.0. The van der Waals surface area contributed by atoms with Gasteiger partial charge in [0.15, 0.2) is 0 Å². The van der Waals surface area contributed by atoms with E-state index in [1.807, 2.05) is 0 Å². The van der Waals surface area contributed by atoms with Crippen LogP contribution >= 0.6 is 12.4 Å². The third kappa shape index (κ3) is 4.73. The van der Waals surface area contributed by atoms with Crippen molar-refractivity contribution in [2.45, 2.75) is 24.7 Å². The molecule has 0 amide bonds. The monoisotopic (exact) mass is 315 g/mol. The number of methoxy groups -OCH3 is 2. The fraction of sp³-hybridized carbons (Fsp3) is 0.500. The summed E-state index contributed by atoms with van der Waals surface area (Å²) >= 11 is 0. The molecule has 0 aliphatic carbocycles. The molecule has 0 heterocycles. The molecule has 0 aliphatic heterocycles. The minimum Gasteiger partial charge on any atom is -0.497 e. The lowest BCUT2D eigenvalue weighted by molar-refractivity contribution is -0.153. The first kappa shape index (κ1) is 18.8. The van der Waals surface area contributed by atoms with Crippen molar-refractivity contribution in [2.24, 2.45) is 5.73 Å². The van der Waals surface area contributed by atoms with Gasteiger partial charge in [-0.1, -0.05) is 0 Å². The molecule has 0 saturated carbocycles. The van der Waals surface area contributed by atoms with Crippen molar-refractivity contribution in [1.82, 2.24) is 0 Å². The summed E-state index contributed by atoms with van der Waals surface area (Å²) in [4.78, 5) is 0. The highest BCUT2D eigenvalue weighted by molar-refractivity contribution is 5.85. The molecule has 0 bridgehead atoms. The number of aliphatic hydroxyl groups excluding tert-OH is 1. The Morgan fingerprint density at radius 2 is 1.85 bits per heavy atom. The second-order valence-corrected chi connectivity index (χ2v) is 4.01. The van der Waals surface area contributed by atoms with Gasteiger partial charge in [0.1, 0.15) is 17.5 Å². The minimum absolute atomic E-state index is 0. The zero-order valence-electron chi connectivity index (χ0n) is 11.0. The predicted molar refractivity (Wildman–Crippen MR) is 70.4 cm³/mol. The first-order valence-electron chi connectivity index (χ1n) is 5.52. The maximum atomic E-state index is 12.4. The summed E-state index contributed by atoms with van der Waals surface area (Å²) in [6, 6.07) is 2.42. The van der Waals surface area contributed by atoms with Crippen LogP contribution in [0.15, 0.2) is 18.2 Å². The van der Waals surface area contributed by atoms with E-state index in [4.69, 9.17) is 15.2 Å².